The molecule has 0 saturated carbocycles. The van der Waals surface area contributed by atoms with Crippen LogP contribution >= 0.6 is 0 Å². The van der Waals surface area contributed by atoms with E-state index in [0.29, 0.717) is 50.0 Å². The molecule has 0 radical (unpaired) electrons. The second-order valence-electron chi connectivity index (χ2n) is 21.3. The summed E-state index contributed by atoms with van der Waals surface area (Å²) in [5.41, 5.74) is 13.0. The van der Waals surface area contributed by atoms with Crippen molar-refractivity contribution in [2.24, 2.45) is 23.0 Å². The Morgan fingerprint density at radius 3 is 2.27 bits per heavy atom. The van der Waals surface area contributed by atoms with E-state index in [4.69, 9.17) is 25.2 Å². The number of nitrogens with zero attached hydrogens (tertiary/aromatic N) is 6. The summed E-state index contributed by atoms with van der Waals surface area (Å²) in [5.74, 6) is -0.901. The molecular formula is C58H77N11O8. The van der Waals surface area contributed by atoms with Crippen LogP contribution in [0.2, 0.25) is 0 Å². The largest absolute Gasteiger partial charge is 0.445 e. The van der Waals surface area contributed by atoms with Gasteiger partial charge in [-0.3, -0.25) is 24.2 Å². The van der Waals surface area contributed by atoms with Gasteiger partial charge in [-0.1, -0.05) is 108 Å². The second kappa shape index (κ2) is 28.6. The number of ketones is 2. The quantitative estimate of drug-likeness (QED) is 0.0266. The molecule has 3 aromatic carbocycles. The number of hydrogen-bond donors (Lipinski definition) is 5. The van der Waals surface area contributed by atoms with Crippen LogP contribution < -0.4 is 27.0 Å². The number of aromatic nitrogens is 6. The number of fused-ring (bicyclic) bond motifs is 3. The van der Waals surface area contributed by atoms with Crippen LogP contribution in [0.3, 0.4) is 0 Å². The summed E-state index contributed by atoms with van der Waals surface area (Å²) in [6, 6.07) is 21.6. The maximum absolute atomic E-state index is 13.8. The number of primary amides is 1. The van der Waals surface area contributed by atoms with Gasteiger partial charge in [0.05, 0.1) is 48.2 Å². The number of ether oxygens (including phenoxy) is 2. The van der Waals surface area contributed by atoms with Gasteiger partial charge in [0.25, 0.3) is 0 Å². The van der Waals surface area contributed by atoms with E-state index in [0.717, 1.165) is 69.5 Å². The Kier molecular flexibility index (Phi) is 21.8. The van der Waals surface area contributed by atoms with Crippen LogP contribution in [0.1, 0.15) is 127 Å². The number of amides is 5. The van der Waals surface area contributed by atoms with Gasteiger partial charge in [0.15, 0.2) is 5.78 Å². The first-order chi connectivity index (χ1) is 36.8. The van der Waals surface area contributed by atoms with Crippen molar-refractivity contribution in [3.63, 3.8) is 0 Å². The molecule has 77 heavy (non-hydrogen) atoms. The molecule has 0 aliphatic heterocycles. The standard InChI is InChI=1S/C58H77N11O8/c1-8-9-16-50-64-53-39(4)62-48-15-11-10-14-47(48)54(53)69(50)35-41-19-17-40(18-20-41)34-61-57(75)77-37-42-21-23-44(24-22-42)63-55(73)43(13-12-28-60-56(59)74)32-49(71)52(38(2)3)65-51(72)27-30-76-31-29-68-36-45(66-67-68)25-26-46(70)33-58(5,6)7/h10-11,14-15,17-24,36,38,43,52H,8-9,12-13,16,25-35,37H2,1-7H3,(H,61,75)(H,63,73)(H,65,72)(H3,59,60,74)/t43-,52+/m1/s1. The first kappa shape index (κ1) is 58.7. The van der Waals surface area contributed by atoms with Gasteiger partial charge in [0, 0.05) is 74.9 Å². The van der Waals surface area contributed by atoms with E-state index in [1.54, 1.807) is 35.1 Å². The van der Waals surface area contributed by atoms with Crippen molar-refractivity contribution in [3.8, 4) is 0 Å². The SMILES string of the molecule is CCCCc1nc2c(C)nc3ccccc3c2n1Cc1ccc(CNC(=O)OCc2ccc(NC(=O)[C@H](CCCNC(N)=O)CC(=O)[C@@H](NC(=O)CCOCCn3cc(CCC(=O)CC(C)(C)C)nn3)C(C)C)cc2)cc1. The molecule has 0 spiro atoms. The van der Waals surface area contributed by atoms with Gasteiger partial charge in [-0.05, 0) is 78.8 Å². The van der Waals surface area contributed by atoms with E-state index in [-0.39, 0.29) is 81.0 Å². The number of carbonyl (C=O) groups excluding carboxylic acids is 6. The maximum Gasteiger partial charge on any atom is 0.407 e. The van der Waals surface area contributed by atoms with Gasteiger partial charge in [-0.2, -0.15) is 0 Å². The molecule has 3 heterocycles. The van der Waals surface area contributed by atoms with Gasteiger partial charge in [0.2, 0.25) is 11.8 Å². The number of Topliss-reactive ketones (excluding diaryl/α,β-unsaturated/α-hetero) is 2. The number of urea groups is 1. The zero-order valence-corrected chi connectivity index (χ0v) is 45.8. The molecule has 0 fully saturated rings. The van der Waals surface area contributed by atoms with Crippen molar-refractivity contribution in [3.05, 3.63) is 113 Å². The number of anilines is 1. The number of benzene rings is 3. The van der Waals surface area contributed by atoms with Crippen molar-refractivity contribution in [2.45, 2.75) is 145 Å². The molecule has 5 amide bonds. The van der Waals surface area contributed by atoms with Crippen molar-refractivity contribution in [1.29, 1.82) is 0 Å². The van der Waals surface area contributed by atoms with Crippen LogP contribution in [0.15, 0.2) is 79.0 Å². The van der Waals surface area contributed by atoms with Gasteiger partial charge in [-0.25, -0.2) is 19.3 Å². The molecule has 19 heteroatoms. The number of alkyl carbamates (subject to hydrolysis) is 1. The molecule has 19 nitrogen and oxygen atoms in total. The lowest BCUT2D eigenvalue weighted by Crippen LogP contribution is -2.45. The summed E-state index contributed by atoms with van der Waals surface area (Å²) >= 11 is 0. The molecule has 0 aliphatic rings. The molecule has 6 aromatic rings. The van der Waals surface area contributed by atoms with Crippen LogP contribution in [-0.4, -0.2) is 90.8 Å². The third kappa shape index (κ3) is 18.6. The Hall–Kier alpha value is -7.54. The van der Waals surface area contributed by atoms with Crippen LogP contribution in [0.5, 0.6) is 0 Å². The molecule has 0 aliphatic carbocycles. The molecule has 0 saturated heterocycles. The summed E-state index contributed by atoms with van der Waals surface area (Å²) in [5, 5.41) is 20.4. The Morgan fingerprint density at radius 1 is 0.831 bits per heavy atom. The van der Waals surface area contributed by atoms with E-state index in [9.17, 15) is 28.8 Å². The van der Waals surface area contributed by atoms with Crippen molar-refractivity contribution >= 4 is 63.1 Å². The number of imidazole rings is 1. The highest BCUT2D eigenvalue weighted by Crippen LogP contribution is 2.29. The van der Waals surface area contributed by atoms with Gasteiger partial charge < -0.3 is 41.0 Å². The van der Waals surface area contributed by atoms with E-state index in [1.165, 1.54) is 0 Å². The number of para-hydroxylation sites is 1. The number of nitrogens with one attached hydrogen (secondary N) is 4. The number of unbranched alkanes of at least 4 members (excludes halogenated alkanes) is 1. The number of hydrogen-bond acceptors (Lipinski definition) is 12. The van der Waals surface area contributed by atoms with E-state index in [1.807, 2.05) is 71.9 Å². The third-order valence-electron chi connectivity index (χ3n) is 13.1. The lowest BCUT2D eigenvalue weighted by molar-refractivity contribution is -0.131. The van der Waals surface area contributed by atoms with E-state index in [2.05, 4.69) is 61.3 Å². The van der Waals surface area contributed by atoms with Gasteiger partial charge in [0.1, 0.15) is 23.7 Å². The molecular weight excluding hydrogens is 979 g/mol. The average Bonchev–Trinajstić information content (AvgIpc) is 4.01. The Balaban J connectivity index is 0.942. The minimum Gasteiger partial charge on any atom is -0.445 e. The van der Waals surface area contributed by atoms with Crippen LogP contribution in [0, 0.1) is 24.2 Å². The fraction of sp³-hybridized carbons (Fsp3) is 0.483. The number of carbonyl (C=O) groups is 6. The second-order valence-corrected chi connectivity index (χ2v) is 21.3. The summed E-state index contributed by atoms with van der Waals surface area (Å²) in [7, 11) is 0. The highest BCUT2D eigenvalue weighted by Gasteiger charge is 2.30. The Morgan fingerprint density at radius 2 is 1.56 bits per heavy atom. The molecule has 3 aromatic heterocycles. The zero-order valence-electron chi connectivity index (χ0n) is 45.8. The molecule has 0 unspecified atom stereocenters. The molecule has 412 valence electrons. The van der Waals surface area contributed by atoms with E-state index < -0.39 is 30.0 Å². The third-order valence-corrected chi connectivity index (χ3v) is 13.1. The Bertz CT molecular complexity index is 2940. The highest BCUT2D eigenvalue weighted by molar-refractivity contribution is 6.03. The summed E-state index contributed by atoms with van der Waals surface area (Å²) in [4.78, 5) is 86.8. The van der Waals surface area contributed by atoms with Crippen LogP contribution in [0.4, 0.5) is 15.3 Å². The predicted octanol–water partition coefficient (Wildman–Crippen LogP) is 8.45. The number of nitrogens with two attached hydrogens (primary N) is 1. The normalized spacial score (nSPS) is 12.4. The van der Waals surface area contributed by atoms with Gasteiger partial charge in [-0.15, -0.1) is 5.10 Å². The zero-order chi connectivity index (χ0) is 55.5. The molecule has 2 atom stereocenters. The smallest absolute Gasteiger partial charge is 0.407 e. The van der Waals surface area contributed by atoms with Crippen LogP contribution in [-0.2, 0) is 67.7 Å². The van der Waals surface area contributed by atoms with Crippen LogP contribution in [0.25, 0.3) is 21.9 Å². The minimum atomic E-state index is -0.852. The van der Waals surface area contributed by atoms with Crippen molar-refractivity contribution < 1.29 is 38.2 Å². The summed E-state index contributed by atoms with van der Waals surface area (Å²) in [6.07, 6.45) is 6.11. The lowest BCUT2D eigenvalue weighted by atomic mass is 9.88. The number of aryl methyl sites for hydroxylation is 3. The first-order valence-corrected chi connectivity index (χ1v) is 26.8. The fourth-order valence-electron chi connectivity index (χ4n) is 9.03. The minimum absolute atomic E-state index is 0.00673. The van der Waals surface area contributed by atoms with E-state index >= 15 is 0 Å². The maximum atomic E-state index is 13.8. The topological polar surface area (TPSA) is 256 Å². The number of pyridine rings is 1. The predicted molar refractivity (Wildman–Crippen MR) is 296 cm³/mol. The fourth-order valence-corrected chi connectivity index (χ4v) is 9.03. The average molecular weight is 1060 g/mol. The molecule has 6 rings (SSSR count). The summed E-state index contributed by atoms with van der Waals surface area (Å²) in [6.45, 7) is 15.9. The molecule has 0 bridgehead atoms. The summed E-state index contributed by atoms with van der Waals surface area (Å²) < 4.78 is 15.2. The Labute approximate surface area is 451 Å². The van der Waals surface area contributed by atoms with Crippen molar-refractivity contribution in [1.82, 2.24) is 45.5 Å². The number of rotatable bonds is 30. The van der Waals surface area contributed by atoms with Gasteiger partial charge >= 0.3 is 12.1 Å². The highest BCUT2D eigenvalue weighted by atomic mass is 16.5. The monoisotopic (exact) mass is 1060 g/mol. The lowest BCUT2D eigenvalue weighted by Gasteiger charge is -2.24. The van der Waals surface area contributed by atoms with Crippen molar-refractivity contribution in [2.75, 3.05) is 25.1 Å². The molecule has 6 N–H and O–H groups in total. The first-order valence-electron chi connectivity index (χ1n) is 26.8.